The molecule has 2 N–H and O–H groups in total. The van der Waals surface area contributed by atoms with Crippen LogP contribution in [0.4, 0.5) is 33.6 Å². The maximum absolute atomic E-state index is 13.7. The van der Waals surface area contributed by atoms with Crippen molar-refractivity contribution in [1.82, 2.24) is 9.97 Å². The molecule has 0 aromatic carbocycles. The quantitative estimate of drug-likeness (QED) is 0.597. The summed E-state index contributed by atoms with van der Waals surface area (Å²) in [6, 6.07) is 0.0327. The van der Waals surface area contributed by atoms with E-state index in [1.807, 2.05) is 0 Å². The summed E-state index contributed by atoms with van der Waals surface area (Å²) in [5, 5.41) is 0. The van der Waals surface area contributed by atoms with Crippen LogP contribution >= 0.6 is 0 Å². The van der Waals surface area contributed by atoms with E-state index in [1.165, 1.54) is 6.07 Å². The maximum Gasteiger partial charge on any atom is 0.451 e. The van der Waals surface area contributed by atoms with E-state index in [0.29, 0.717) is 31.8 Å². The summed E-state index contributed by atoms with van der Waals surface area (Å²) in [5.41, 5.74) is 5.56. The number of alkyl halides is 5. The zero-order valence-electron chi connectivity index (χ0n) is 15.1. The fourth-order valence-corrected chi connectivity index (χ4v) is 3.76. The Labute approximate surface area is 158 Å². The summed E-state index contributed by atoms with van der Waals surface area (Å²) in [7, 11) is 0. The summed E-state index contributed by atoms with van der Waals surface area (Å²) in [6.45, 7) is 0.677. The Morgan fingerprint density at radius 3 is 2.43 bits per heavy atom. The molecule has 1 aromatic heterocycles. The average molecular weight is 407 g/mol. The first kappa shape index (κ1) is 20.7. The number of aromatic nitrogens is 2. The summed E-state index contributed by atoms with van der Waals surface area (Å²) in [6.07, 6.45) is -2.90. The second kappa shape index (κ2) is 7.76. The molecule has 0 radical (unpaired) electrons. The van der Waals surface area contributed by atoms with Gasteiger partial charge >= 0.3 is 6.18 Å². The number of carbonyl (C=O) groups is 1. The van der Waals surface area contributed by atoms with Crippen molar-refractivity contribution in [3.8, 4) is 0 Å². The molecule has 0 aliphatic carbocycles. The van der Waals surface area contributed by atoms with Gasteiger partial charge in [-0.1, -0.05) is 0 Å². The van der Waals surface area contributed by atoms with E-state index >= 15 is 0 Å². The van der Waals surface area contributed by atoms with Gasteiger partial charge in [0.05, 0.1) is 12.6 Å². The van der Waals surface area contributed by atoms with E-state index in [4.69, 9.17) is 5.73 Å². The third kappa shape index (κ3) is 4.50. The van der Waals surface area contributed by atoms with E-state index in [1.54, 1.807) is 4.90 Å². The van der Waals surface area contributed by atoms with Crippen LogP contribution in [0.5, 0.6) is 0 Å². The van der Waals surface area contributed by atoms with Crippen molar-refractivity contribution in [2.45, 2.75) is 43.8 Å². The van der Waals surface area contributed by atoms with Crippen LogP contribution in [0, 0.1) is 5.92 Å². The molecule has 1 aromatic rings. The molecule has 3 rings (SSSR count). The summed E-state index contributed by atoms with van der Waals surface area (Å²) >= 11 is 0. The first-order valence-electron chi connectivity index (χ1n) is 9.14. The minimum atomic E-state index is -4.83. The first-order valence-corrected chi connectivity index (χ1v) is 9.14. The summed E-state index contributed by atoms with van der Waals surface area (Å²) in [4.78, 5) is 20.9. The number of halogens is 5. The van der Waals surface area contributed by atoms with Gasteiger partial charge in [-0.3, -0.25) is 0 Å². The molecule has 3 heterocycles. The molecule has 1 atom stereocenters. The van der Waals surface area contributed by atoms with Gasteiger partial charge in [0.1, 0.15) is 17.9 Å². The van der Waals surface area contributed by atoms with Gasteiger partial charge < -0.3 is 20.3 Å². The van der Waals surface area contributed by atoms with Gasteiger partial charge in [0, 0.05) is 25.6 Å². The van der Waals surface area contributed by atoms with Crippen LogP contribution in [0.15, 0.2) is 6.07 Å². The molecule has 0 unspecified atom stereocenters. The lowest BCUT2D eigenvalue weighted by molar-refractivity contribution is -0.144. The second-order valence-corrected chi connectivity index (χ2v) is 7.30. The number of anilines is 2. The monoisotopic (exact) mass is 407 g/mol. The number of piperidine rings is 1. The molecule has 2 fully saturated rings. The number of nitrogens with two attached hydrogens (primary N) is 1. The van der Waals surface area contributed by atoms with Crippen LogP contribution < -0.4 is 15.5 Å². The number of aldehydes is 1. The lowest BCUT2D eigenvalue weighted by Gasteiger charge is -2.33. The number of nitrogens with zero attached hydrogens (tertiary/aromatic N) is 4. The van der Waals surface area contributed by atoms with Crippen LogP contribution in [-0.4, -0.2) is 54.4 Å². The number of hydrogen-bond acceptors (Lipinski definition) is 6. The number of hydrogen-bond donors (Lipinski definition) is 1. The van der Waals surface area contributed by atoms with Gasteiger partial charge in [-0.25, -0.2) is 18.7 Å². The lowest BCUT2D eigenvalue weighted by atomic mass is 9.94. The molecule has 0 amide bonds. The van der Waals surface area contributed by atoms with Gasteiger partial charge in [-0.05, 0) is 31.7 Å². The molecule has 0 spiro atoms. The van der Waals surface area contributed by atoms with E-state index in [2.05, 4.69) is 9.97 Å². The Kier molecular flexibility index (Phi) is 5.74. The van der Waals surface area contributed by atoms with E-state index in [9.17, 15) is 26.7 Å². The third-order valence-electron chi connectivity index (χ3n) is 5.23. The second-order valence-electron chi connectivity index (χ2n) is 7.30. The molecule has 2 aliphatic heterocycles. The third-order valence-corrected chi connectivity index (χ3v) is 5.23. The molecule has 0 saturated carbocycles. The molecule has 6 nitrogen and oxygen atoms in total. The van der Waals surface area contributed by atoms with Crippen molar-refractivity contribution in [2.75, 3.05) is 36.0 Å². The van der Waals surface area contributed by atoms with Crippen molar-refractivity contribution in [3.05, 3.63) is 11.9 Å². The predicted molar refractivity (Wildman–Crippen MR) is 92.4 cm³/mol. The smallest absolute Gasteiger partial charge is 0.356 e. The predicted octanol–water partition coefficient (Wildman–Crippen LogP) is 2.47. The van der Waals surface area contributed by atoms with Crippen molar-refractivity contribution < 1.29 is 26.7 Å². The average Bonchev–Trinajstić information content (AvgIpc) is 2.96. The van der Waals surface area contributed by atoms with Crippen molar-refractivity contribution >= 4 is 17.9 Å². The molecule has 0 bridgehead atoms. The van der Waals surface area contributed by atoms with E-state index in [0.717, 1.165) is 24.2 Å². The van der Waals surface area contributed by atoms with E-state index < -0.39 is 36.9 Å². The highest BCUT2D eigenvalue weighted by atomic mass is 19.4. The fraction of sp³-hybridized carbons (Fsp3) is 0.706. The Hall–Kier alpha value is -2.04. The summed E-state index contributed by atoms with van der Waals surface area (Å²) in [5.74, 6) is -4.44. The number of carbonyl (C=O) groups excluding carboxylic acids is 1. The molecule has 2 saturated heterocycles. The number of rotatable bonds is 5. The topological polar surface area (TPSA) is 75.3 Å². The zero-order chi connectivity index (χ0) is 20.5. The van der Waals surface area contributed by atoms with Gasteiger partial charge in [0.2, 0.25) is 5.82 Å². The standard InChI is InChI=1S/C17H22F5N5O/c18-16(19)8-12(9-28)27(10-16)14-7-13(24-15(25-14)17(20,21)22)26-5-2-11(1-4-23)3-6-26/h7,9,11-12H,1-6,8,10,23H2/t12-/m0/s1. The molecule has 28 heavy (non-hydrogen) atoms. The zero-order valence-corrected chi connectivity index (χ0v) is 15.1. The normalized spacial score (nSPS) is 23.3. The molecule has 11 heteroatoms. The maximum atomic E-state index is 13.7. The minimum Gasteiger partial charge on any atom is -0.356 e. The lowest BCUT2D eigenvalue weighted by Crippen LogP contribution is -2.37. The largest absolute Gasteiger partial charge is 0.451 e. The molecule has 156 valence electrons. The Bertz CT molecular complexity index is 706. The van der Waals surface area contributed by atoms with E-state index in [-0.39, 0.29) is 11.6 Å². The first-order chi connectivity index (χ1) is 13.1. The van der Waals surface area contributed by atoms with Gasteiger partial charge in [0.15, 0.2) is 0 Å². The van der Waals surface area contributed by atoms with Crippen molar-refractivity contribution in [3.63, 3.8) is 0 Å². The molecular weight excluding hydrogens is 385 g/mol. The highest BCUT2D eigenvalue weighted by Gasteiger charge is 2.46. The van der Waals surface area contributed by atoms with Crippen LogP contribution in [0.3, 0.4) is 0 Å². The van der Waals surface area contributed by atoms with Gasteiger partial charge in [-0.15, -0.1) is 0 Å². The highest BCUT2D eigenvalue weighted by molar-refractivity contribution is 5.68. The van der Waals surface area contributed by atoms with Crippen LogP contribution in [0.2, 0.25) is 0 Å². The Morgan fingerprint density at radius 2 is 1.86 bits per heavy atom. The van der Waals surface area contributed by atoms with Crippen LogP contribution in [-0.2, 0) is 11.0 Å². The van der Waals surface area contributed by atoms with Crippen molar-refractivity contribution in [1.29, 1.82) is 0 Å². The molecular formula is C17H22F5N5O. The van der Waals surface area contributed by atoms with Crippen molar-refractivity contribution in [2.24, 2.45) is 11.7 Å². The van der Waals surface area contributed by atoms with Gasteiger partial charge in [0.25, 0.3) is 5.92 Å². The minimum absolute atomic E-state index is 0.0309. The SMILES string of the molecule is NCCC1CCN(c2cc(N3CC(F)(F)C[C@H]3C=O)nc(C(F)(F)F)n2)CC1. The molecule has 2 aliphatic rings. The fourth-order valence-electron chi connectivity index (χ4n) is 3.76. The Morgan fingerprint density at radius 1 is 1.21 bits per heavy atom. The summed E-state index contributed by atoms with van der Waals surface area (Å²) < 4.78 is 67.4. The Balaban J connectivity index is 1.91. The van der Waals surface area contributed by atoms with Gasteiger partial charge in [-0.2, -0.15) is 13.2 Å². The van der Waals surface area contributed by atoms with Crippen LogP contribution in [0.25, 0.3) is 0 Å². The van der Waals surface area contributed by atoms with Crippen LogP contribution in [0.1, 0.15) is 31.5 Å². The highest BCUT2D eigenvalue weighted by Crippen LogP contribution is 2.37.